The second-order valence-corrected chi connectivity index (χ2v) is 12.6. The van der Waals surface area contributed by atoms with Gasteiger partial charge in [-0.25, -0.2) is 18.4 Å². The Morgan fingerprint density at radius 2 is 1.80 bits per heavy atom. The first-order chi connectivity index (χ1) is 21.7. The zero-order valence-electron chi connectivity index (χ0n) is 24.5. The van der Waals surface area contributed by atoms with Crippen molar-refractivity contribution in [3.63, 3.8) is 0 Å². The number of piperazine rings is 1. The molecule has 2 amide bonds. The van der Waals surface area contributed by atoms with Crippen LogP contribution < -0.4 is 25.4 Å². The van der Waals surface area contributed by atoms with Crippen LogP contribution in [0.1, 0.15) is 17.7 Å². The van der Waals surface area contributed by atoms with Crippen molar-refractivity contribution in [2.75, 3.05) is 37.7 Å². The van der Waals surface area contributed by atoms with E-state index in [-0.39, 0.29) is 31.1 Å². The molecule has 2 aromatic heterocycles. The Morgan fingerprint density at radius 1 is 1.02 bits per heavy atom. The van der Waals surface area contributed by atoms with Crippen LogP contribution in [0.3, 0.4) is 0 Å². The van der Waals surface area contributed by atoms with E-state index < -0.39 is 33.8 Å². The molecule has 0 spiro atoms. The van der Waals surface area contributed by atoms with Crippen LogP contribution in [-0.2, 0) is 26.2 Å². The highest BCUT2D eigenvalue weighted by Gasteiger charge is 2.53. The molecule has 4 heterocycles. The third kappa shape index (κ3) is 6.04. The molecule has 1 atom stereocenters. The number of nitrogens with zero attached hydrogens (tertiary/aromatic N) is 6. The van der Waals surface area contributed by atoms with E-state index in [0.717, 1.165) is 9.87 Å². The zero-order chi connectivity index (χ0) is 31.6. The van der Waals surface area contributed by atoms with Crippen molar-refractivity contribution in [1.82, 2.24) is 29.1 Å². The zero-order valence-corrected chi connectivity index (χ0v) is 25.3. The second kappa shape index (κ2) is 12.2. The van der Waals surface area contributed by atoms with E-state index in [2.05, 4.69) is 20.3 Å². The van der Waals surface area contributed by atoms with Gasteiger partial charge in [0.25, 0.3) is 0 Å². The van der Waals surface area contributed by atoms with Gasteiger partial charge in [0, 0.05) is 50.3 Å². The molecule has 0 radical (unpaired) electrons. The van der Waals surface area contributed by atoms with Gasteiger partial charge < -0.3 is 25.4 Å². The highest BCUT2D eigenvalue weighted by molar-refractivity contribution is 7.89. The highest BCUT2D eigenvalue weighted by atomic mass is 32.2. The van der Waals surface area contributed by atoms with Crippen LogP contribution in [0.4, 0.5) is 5.82 Å². The fraction of sp³-hybridized carbons (Fsp3) is 0.300. The number of amides is 2. The van der Waals surface area contributed by atoms with E-state index in [9.17, 15) is 18.0 Å². The average molecular weight is 633 g/mol. The molecule has 6 rings (SSSR count). The first-order valence-electron chi connectivity index (χ1n) is 14.3. The second-order valence-electron chi connectivity index (χ2n) is 10.8. The first kappa shape index (κ1) is 30.0. The lowest BCUT2D eigenvalue weighted by Gasteiger charge is -2.47. The van der Waals surface area contributed by atoms with Crippen molar-refractivity contribution < 1.29 is 27.5 Å². The molecule has 4 aromatic rings. The standard InChI is InChI=1S/C30H32N8O6S/c1-21-15-26(35-29(34-21)37-10-9-32-20-37)36-11-12-38(45(41,42)23-5-3-2-4-6-23)30(19-36,28(31)40)17-27(39)33-18-22-7-8-24-25(16-22)44-14-13-43-24/h2-10,15-16,20H,11-14,17-19H2,1H3,(H2,31,40)(H,33,39). The van der Waals surface area contributed by atoms with Gasteiger partial charge in [0.1, 0.15) is 30.9 Å². The summed E-state index contributed by atoms with van der Waals surface area (Å²) in [6.45, 7) is 2.62. The Balaban J connectivity index is 1.32. The van der Waals surface area contributed by atoms with E-state index in [4.69, 9.17) is 15.2 Å². The van der Waals surface area contributed by atoms with Crippen molar-refractivity contribution in [2.45, 2.75) is 30.3 Å². The van der Waals surface area contributed by atoms with Crippen molar-refractivity contribution >= 4 is 27.7 Å². The molecule has 1 unspecified atom stereocenters. The molecule has 45 heavy (non-hydrogen) atoms. The quantitative estimate of drug-likeness (QED) is 0.273. The van der Waals surface area contributed by atoms with Crippen molar-refractivity contribution in [3.05, 3.63) is 84.6 Å². The Labute approximate surface area is 259 Å². The number of rotatable bonds is 9. The maximum Gasteiger partial charge on any atom is 0.244 e. The number of ether oxygens (including phenoxy) is 2. The molecule has 14 nitrogen and oxygen atoms in total. The van der Waals surface area contributed by atoms with Gasteiger partial charge in [-0.1, -0.05) is 24.3 Å². The predicted molar refractivity (Wildman–Crippen MR) is 162 cm³/mol. The van der Waals surface area contributed by atoms with Gasteiger partial charge >= 0.3 is 0 Å². The number of primary amides is 1. The predicted octanol–water partition coefficient (Wildman–Crippen LogP) is 1.18. The summed E-state index contributed by atoms with van der Waals surface area (Å²) in [7, 11) is -4.24. The first-order valence-corrected chi connectivity index (χ1v) is 15.7. The fourth-order valence-corrected chi connectivity index (χ4v) is 7.26. The number of anilines is 1. The number of imidazole rings is 1. The number of sulfonamides is 1. The number of benzene rings is 2. The topological polar surface area (TPSA) is 175 Å². The van der Waals surface area contributed by atoms with Gasteiger partial charge in [-0.2, -0.15) is 9.29 Å². The summed E-state index contributed by atoms with van der Waals surface area (Å²) in [5.41, 5.74) is 5.49. The normalized spacial score (nSPS) is 18.4. The van der Waals surface area contributed by atoms with Crippen LogP contribution in [0.15, 0.2) is 78.2 Å². The molecule has 1 fully saturated rings. The summed E-state index contributed by atoms with van der Waals surface area (Å²) in [5, 5.41) is 2.82. The Hall–Kier alpha value is -5.02. The van der Waals surface area contributed by atoms with E-state index in [1.807, 2.05) is 0 Å². The van der Waals surface area contributed by atoms with Gasteiger partial charge in [-0.15, -0.1) is 0 Å². The number of hydrogen-bond donors (Lipinski definition) is 2. The monoisotopic (exact) mass is 632 g/mol. The summed E-state index contributed by atoms with van der Waals surface area (Å²) in [6, 6.07) is 14.8. The van der Waals surface area contributed by atoms with E-state index in [1.54, 1.807) is 77.6 Å². The third-order valence-corrected chi connectivity index (χ3v) is 9.71. The van der Waals surface area contributed by atoms with Gasteiger partial charge in [0.2, 0.25) is 27.8 Å². The smallest absolute Gasteiger partial charge is 0.244 e. The minimum atomic E-state index is -4.24. The summed E-state index contributed by atoms with van der Waals surface area (Å²) in [6.07, 6.45) is 4.33. The molecule has 1 saturated heterocycles. The molecule has 234 valence electrons. The van der Waals surface area contributed by atoms with Gasteiger partial charge in [-0.05, 0) is 36.8 Å². The van der Waals surface area contributed by atoms with Gasteiger partial charge in [0.05, 0.1) is 11.3 Å². The molecule has 0 saturated carbocycles. The molecule has 2 aromatic carbocycles. The molecule has 3 N–H and O–H groups in total. The van der Waals surface area contributed by atoms with E-state index >= 15 is 0 Å². The number of aromatic nitrogens is 4. The molecule has 2 aliphatic heterocycles. The number of nitrogens with one attached hydrogen (secondary N) is 1. The van der Waals surface area contributed by atoms with Crippen molar-refractivity contribution in [2.24, 2.45) is 5.73 Å². The van der Waals surface area contributed by atoms with Crippen molar-refractivity contribution in [3.8, 4) is 17.4 Å². The SMILES string of the molecule is Cc1cc(N2CCN(S(=O)(=O)c3ccccc3)C(CC(=O)NCc3ccc4c(c3)OCCO4)(C(N)=O)C2)nc(-n2ccnc2)n1. The number of nitrogens with two attached hydrogens (primary N) is 1. The average Bonchev–Trinajstić information content (AvgIpc) is 3.59. The van der Waals surface area contributed by atoms with Crippen LogP contribution in [0, 0.1) is 6.92 Å². The molecule has 2 aliphatic rings. The van der Waals surface area contributed by atoms with Crippen LogP contribution in [0.25, 0.3) is 5.95 Å². The fourth-order valence-electron chi connectivity index (χ4n) is 5.51. The lowest BCUT2D eigenvalue weighted by atomic mass is 9.90. The lowest BCUT2D eigenvalue weighted by Crippen LogP contribution is -2.70. The highest BCUT2D eigenvalue weighted by Crippen LogP contribution is 2.34. The van der Waals surface area contributed by atoms with Gasteiger partial charge in [0.15, 0.2) is 11.5 Å². The summed E-state index contributed by atoms with van der Waals surface area (Å²) >= 11 is 0. The Morgan fingerprint density at radius 3 is 2.53 bits per heavy atom. The van der Waals surface area contributed by atoms with E-state index in [0.29, 0.717) is 42.2 Å². The lowest BCUT2D eigenvalue weighted by molar-refractivity contribution is -0.134. The molecular weight excluding hydrogens is 600 g/mol. The van der Waals surface area contributed by atoms with E-state index in [1.165, 1.54) is 12.1 Å². The molecule has 15 heteroatoms. The summed E-state index contributed by atoms with van der Waals surface area (Å²) in [5.74, 6) is 0.469. The molecular formula is C30H32N8O6S. The minimum Gasteiger partial charge on any atom is -0.486 e. The number of fused-ring (bicyclic) bond motifs is 1. The number of carbonyl (C=O) groups excluding carboxylic acids is 2. The number of aryl methyl sites for hydroxylation is 1. The molecule has 0 bridgehead atoms. The largest absolute Gasteiger partial charge is 0.486 e. The number of carbonyl (C=O) groups is 2. The van der Waals surface area contributed by atoms with Crippen LogP contribution >= 0.6 is 0 Å². The summed E-state index contributed by atoms with van der Waals surface area (Å²) < 4.78 is 41.9. The molecule has 0 aliphatic carbocycles. The Bertz CT molecular complexity index is 1820. The summed E-state index contributed by atoms with van der Waals surface area (Å²) in [4.78, 5) is 41.9. The van der Waals surface area contributed by atoms with Crippen molar-refractivity contribution in [1.29, 1.82) is 0 Å². The maximum atomic E-state index is 14.0. The maximum absolute atomic E-state index is 14.0. The van der Waals surface area contributed by atoms with Gasteiger partial charge in [-0.3, -0.25) is 14.2 Å². The van der Waals surface area contributed by atoms with Crippen LogP contribution in [0.5, 0.6) is 11.5 Å². The minimum absolute atomic E-state index is 0.0129. The Kier molecular flexibility index (Phi) is 8.12. The number of hydrogen-bond acceptors (Lipinski definition) is 10. The van der Waals surface area contributed by atoms with Crippen LogP contribution in [0.2, 0.25) is 0 Å². The van der Waals surface area contributed by atoms with Crippen LogP contribution in [-0.4, -0.2) is 82.4 Å². The third-order valence-electron chi connectivity index (χ3n) is 7.73.